The highest BCUT2D eigenvalue weighted by Crippen LogP contribution is 2.40. The molecule has 2 aromatic carbocycles. The van der Waals surface area contributed by atoms with Gasteiger partial charge in [0.1, 0.15) is 13.2 Å². The molecule has 2 aromatic rings. The van der Waals surface area contributed by atoms with Crippen molar-refractivity contribution >= 4 is 10.0 Å². The van der Waals surface area contributed by atoms with Gasteiger partial charge in [-0.15, -0.1) is 0 Å². The first-order valence-electron chi connectivity index (χ1n) is 8.85. The molecule has 150 valence electrons. The van der Waals surface area contributed by atoms with E-state index < -0.39 is 27.8 Å². The largest absolute Gasteiger partial charge is 0.486 e. The molecule has 1 saturated heterocycles. The number of sulfonamides is 1. The van der Waals surface area contributed by atoms with Gasteiger partial charge in [0.25, 0.3) is 0 Å². The van der Waals surface area contributed by atoms with E-state index in [0.29, 0.717) is 44.1 Å². The summed E-state index contributed by atoms with van der Waals surface area (Å²) in [5.74, 6) is 1.19. The van der Waals surface area contributed by atoms with Crippen LogP contribution in [0.4, 0.5) is 13.2 Å². The fourth-order valence-corrected chi connectivity index (χ4v) is 5.26. The number of ether oxygens (including phenoxy) is 2. The number of alkyl halides is 3. The minimum atomic E-state index is -4.51. The van der Waals surface area contributed by atoms with Crippen LogP contribution in [0.3, 0.4) is 0 Å². The van der Waals surface area contributed by atoms with Crippen LogP contribution in [0.15, 0.2) is 47.4 Å². The number of fused-ring (bicyclic) bond motifs is 1. The van der Waals surface area contributed by atoms with Crippen molar-refractivity contribution in [3.63, 3.8) is 0 Å². The van der Waals surface area contributed by atoms with E-state index in [-0.39, 0.29) is 4.90 Å². The molecule has 1 atom stereocenters. The molecule has 2 aliphatic heterocycles. The molecule has 5 nitrogen and oxygen atoms in total. The van der Waals surface area contributed by atoms with Crippen molar-refractivity contribution in [3.8, 4) is 11.5 Å². The Morgan fingerprint density at radius 3 is 2.32 bits per heavy atom. The number of hydrogen-bond acceptors (Lipinski definition) is 4. The first-order chi connectivity index (χ1) is 13.3. The summed E-state index contributed by atoms with van der Waals surface area (Å²) >= 11 is 0. The maximum Gasteiger partial charge on any atom is 0.416 e. The number of nitrogens with zero attached hydrogens (tertiary/aromatic N) is 1. The first-order valence-corrected chi connectivity index (χ1v) is 10.3. The van der Waals surface area contributed by atoms with Crippen LogP contribution in [0.5, 0.6) is 11.5 Å². The maximum absolute atomic E-state index is 13.1. The van der Waals surface area contributed by atoms with Crippen molar-refractivity contribution in [2.24, 2.45) is 0 Å². The van der Waals surface area contributed by atoms with Gasteiger partial charge in [0.15, 0.2) is 11.5 Å². The van der Waals surface area contributed by atoms with Crippen LogP contribution in [0.25, 0.3) is 0 Å². The van der Waals surface area contributed by atoms with E-state index in [0.717, 1.165) is 29.8 Å². The summed E-state index contributed by atoms with van der Waals surface area (Å²) in [6, 6.07) is 8.55. The molecule has 0 amide bonds. The number of hydrogen-bond donors (Lipinski definition) is 0. The van der Waals surface area contributed by atoms with E-state index in [9.17, 15) is 21.6 Å². The minimum Gasteiger partial charge on any atom is -0.486 e. The Balaban J connectivity index is 1.64. The van der Waals surface area contributed by atoms with Gasteiger partial charge >= 0.3 is 6.18 Å². The zero-order valence-corrected chi connectivity index (χ0v) is 15.6. The predicted octanol–water partition coefficient (Wildman–Crippen LogP) is 4.00. The average molecular weight is 413 g/mol. The van der Waals surface area contributed by atoms with E-state index >= 15 is 0 Å². The summed E-state index contributed by atoms with van der Waals surface area (Å²) < 4.78 is 76.8. The Kier molecular flexibility index (Phi) is 4.75. The number of rotatable bonds is 3. The Bertz CT molecular complexity index is 974. The molecule has 4 rings (SSSR count). The minimum absolute atomic E-state index is 0.148. The fourth-order valence-electron chi connectivity index (χ4n) is 3.58. The summed E-state index contributed by atoms with van der Waals surface area (Å²) in [5, 5.41) is 0. The van der Waals surface area contributed by atoms with Gasteiger partial charge in [-0.3, -0.25) is 0 Å². The number of halogens is 3. The van der Waals surface area contributed by atoms with E-state index in [2.05, 4.69) is 0 Å². The molecule has 2 aliphatic rings. The van der Waals surface area contributed by atoms with Gasteiger partial charge in [0.2, 0.25) is 10.0 Å². The van der Waals surface area contributed by atoms with Gasteiger partial charge in [-0.2, -0.15) is 17.5 Å². The van der Waals surface area contributed by atoms with Crippen LogP contribution >= 0.6 is 0 Å². The van der Waals surface area contributed by atoms with Gasteiger partial charge in [-0.25, -0.2) is 8.42 Å². The predicted molar refractivity (Wildman–Crippen MR) is 94.7 cm³/mol. The highest BCUT2D eigenvalue weighted by molar-refractivity contribution is 7.89. The van der Waals surface area contributed by atoms with E-state index in [1.807, 2.05) is 0 Å². The van der Waals surface area contributed by atoms with E-state index in [1.54, 1.807) is 18.2 Å². The van der Waals surface area contributed by atoms with Crippen molar-refractivity contribution in [3.05, 3.63) is 53.6 Å². The fraction of sp³-hybridized carbons (Fsp3) is 0.368. The smallest absolute Gasteiger partial charge is 0.416 e. The molecule has 0 radical (unpaired) electrons. The third kappa shape index (κ3) is 3.44. The molecule has 0 spiro atoms. The molecular weight excluding hydrogens is 395 g/mol. The summed E-state index contributed by atoms with van der Waals surface area (Å²) in [7, 11) is -3.93. The summed E-state index contributed by atoms with van der Waals surface area (Å²) in [4.78, 5) is -0.148. The molecular formula is C19H18F3NO4S. The lowest BCUT2D eigenvalue weighted by Gasteiger charge is -2.26. The molecule has 0 bridgehead atoms. The third-order valence-electron chi connectivity index (χ3n) is 4.94. The molecule has 1 unspecified atom stereocenters. The van der Waals surface area contributed by atoms with Crippen LogP contribution in [0.2, 0.25) is 0 Å². The van der Waals surface area contributed by atoms with Crippen LogP contribution in [-0.4, -0.2) is 32.5 Å². The molecule has 0 aliphatic carbocycles. The monoisotopic (exact) mass is 413 g/mol. The summed E-state index contributed by atoms with van der Waals surface area (Å²) in [5.41, 5.74) is -0.103. The second-order valence-electron chi connectivity index (χ2n) is 6.70. The van der Waals surface area contributed by atoms with Crippen molar-refractivity contribution in [1.29, 1.82) is 0 Å². The van der Waals surface area contributed by atoms with Gasteiger partial charge in [0, 0.05) is 6.54 Å². The van der Waals surface area contributed by atoms with Crippen molar-refractivity contribution < 1.29 is 31.1 Å². The standard InChI is InChI=1S/C19H18F3NO4S/c20-19(21,22)14-4-6-15(7-5-14)28(24,25)23-9-1-2-16(23)13-3-8-17-18(12-13)27-11-10-26-17/h3-8,12,16H,1-2,9-11H2. The molecule has 0 aromatic heterocycles. The second kappa shape index (κ2) is 6.97. The molecule has 1 fully saturated rings. The molecule has 28 heavy (non-hydrogen) atoms. The van der Waals surface area contributed by atoms with Gasteiger partial charge < -0.3 is 9.47 Å². The molecule has 0 N–H and O–H groups in total. The van der Waals surface area contributed by atoms with Crippen molar-refractivity contribution in [1.82, 2.24) is 4.31 Å². The lowest BCUT2D eigenvalue weighted by Crippen LogP contribution is -2.30. The van der Waals surface area contributed by atoms with Crippen LogP contribution in [0.1, 0.15) is 30.0 Å². The van der Waals surface area contributed by atoms with E-state index in [4.69, 9.17) is 9.47 Å². The van der Waals surface area contributed by atoms with Gasteiger partial charge in [-0.1, -0.05) is 6.07 Å². The Labute approximate surface area is 160 Å². The average Bonchev–Trinajstić information content (AvgIpc) is 3.18. The lowest BCUT2D eigenvalue weighted by molar-refractivity contribution is -0.137. The van der Waals surface area contributed by atoms with Crippen molar-refractivity contribution in [2.45, 2.75) is 30.0 Å². The topological polar surface area (TPSA) is 55.8 Å². The quantitative estimate of drug-likeness (QED) is 0.763. The first kappa shape index (κ1) is 19.1. The van der Waals surface area contributed by atoms with Crippen LogP contribution < -0.4 is 9.47 Å². The Morgan fingerprint density at radius 2 is 1.64 bits per heavy atom. The Hall–Kier alpha value is -2.26. The van der Waals surface area contributed by atoms with Crippen LogP contribution in [0, 0.1) is 0 Å². The second-order valence-corrected chi connectivity index (χ2v) is 8.59. The molecule has 9 heteroatoms. The van der Waals surface area contributed by atoms with Crippen molar-refractivity contribution in [2.75, 3.05) is 19.8 Å². The summed E-state index contributed by atoms with van der Waals surface area (Å²) in [6.07, 6.45) is -3.22. The third-order valence-corrected chi connectivity index (χ3v) is 6.87. The van der Waals surface area contributed by atoms with Crippen LogP contribution in [-0.2, 0) is 16.2 Å². The zero-order chi connectivity index (χ0) is 19.9. The normalized spacial score (nSPS) is 20.3. The highest BCUT2D eigenvalue weighted by atomic mass is 32.2. The highest BCUT2D eigenvalue weighted by Gasteiger charge is 2.37. The molecule has 0 saturated carbocycles. The van der Waals surface area contributed by atoms with E-state index in [1.165, 1.54) is 4.31 Å². The maximum atomic E-state index is 13.1. The van der Waals surface area contributed by atoms with Gasteiger partial charge in [0.05, 0.1) is 16.5 Å². The molecule has 2 heterocycles. The van der Waals surface area contributed by atoms with Gasteiger partial charge in [-0.05, 0) is 54.8 Å². The Morgan fingerprint density at radius 1 is 0.964 bits per heavy atom. The number of benzene rings is 2. The lowest BCUT2D eigenvalue weighted by atomic mass is 10.0. The summed E-state index contributed by atoms with van der Waals surface area (Å²) in [6.45, 7) is 1.20. The zero-order valence-electron chi connectivity index (χ0n) is 14.8. The SMILES string of the molecule is O=S(=O)(c1ccc(C(F)(F)F)cc1)N1CCCC1c1ccc2c(c1)OCCO2.